The van der Waals surface area contributed by atoms with Gasteiger partial charge in [-0.1, -0.05) is 13.8 Å². The summed E-state index contributed by atoms with van der Waals surface area (Å²) in [5.74, 6) is -4.18. The number of halogens is 3. The van der Waals surface area contributed by atoms with Crippen molar-refractivity contribution < 1.29 is 31.2 Å². The van der Waals surface area contributed by atoms with E-state index < -0.39 is 57.6 Å². The fourth-order valence-electron chi connectivity index (χ4n) is 2.85. The van der Waals surface area contributed by atoms with Crippen LogP contribution in [0.15, 0.2) is 35.3 Å². The van der Waals surface area contributed by atoms with Gasteiger partial charge in [0.2, 0.25) is 15.9 Å². The molecule has 14 heteroatoms. The highest BCUT2D eigenvalue weighted by molar-refractivity contribution is 7.92. The molecule has 0 saturated heterocycles. The topological polar surface area (TPSA) is 153 Å². The molecule has 10 nitrogen and oxygen atoms in total. The van der Waals surface area contributed by atoms with Crippen molar-refractivity contribution in [1.82, 2.24) is 14.9 Å². The molecule has 1 aromatic carbocycles. The molecule has 4 N–H and O–H groups in total. The van der Waals surface area contributed by atoms with Crippen molar-refractivity contribution in [3.63, 3.8) is 0 Å². The fraction of sp³-hybridized carbons (Fsp3) is 0.368. The van der Waals surface area contributed by atoms with Gasteiger partial charge in [-0.3, -0.25) is 23.7 Å². The van der Waals surface area contributed by atoms with Gasteiger partial charge >= 0.3 is 6.18 Å². The number of carbonyl (C=O) groups is 2. The van der Waals surface area contributed by atoms with Gasteiger partial charge in [0.25, 0.3) is 11.3 Å². The molecule has 180 valence electrons. The molecule has 1 unspecified atom stereocenters. The molecule has 1 atom stereocenters. The molecule has 0 aliphatic rings. The van der Waals surface area contributed by atoms with Crippen LogP contribution in [0.3, 0.4) is 0 Å². The van der Waals surface area contributed by atoms with Crippen molar-refractivity contribution in [2.45, 2.75) is 32.6 Å². The smallest absolute Gasteiger partial charge is 0.399 e. The number of sulfonamides is 1. The third-order valence-electron chi connectivity index (χ3n) is 4.36. The number of ketones is 1. The molecule has 0 saturated carbocycles. The lowest BCUT2D eigenvalue weighted by Crippen LogP contribution is -2.51. The average Bonchev–Trinajstić information content (AvgIpc) is 2.67. The van der Waals surface area contributed by atoms with Crippen LogP contribution in [-0.4, -0.2) is 48.1 Å². The zero-order valence-electron chi connectivity index (χ0n) is 17.8. The first-order valence-corrected chi connectivity index (χ1v) is 11.3. The Bertz CT molecular complexity index is 1210. The van der Waals surface area contributed by atoms with Crippen LogP contribution < -0.4 is 21.3 Å². The molecule has 1 amide bonds. The van der Waals surface area contributed by atoms with Crippen LogP contribution in [0.4, 0.5) is 24.5 Å². The third kappa shape index (κ3) is 6.78. The second-order valence-electron chi connectivity index (χ2n) is 7.53. The van der Waals surface area contributed by atoms with Gasteiger partial charge in [-0.25, -0.2) is 13.4 Å². The van der Waals surface area contributed by atoms with Gasteiger partial charge in [0.15, 0.2) is 0 Å². The van der Waals surface area contributed by atoms with Crippen LogP contribution in [0.25, 0.3) is 11.4 Å². The maximum absolute atomic E-state index is 12.9. The normalized spacial score (nSPS) is 12.9. The summed E-state index contributed by atoms with van der Waals surface area (Å²) in [5.41, 5.74) is 4.91. The number of anilines is 2. The molecular formula is C19H22F3N5O5S. The summed E-state index contributed by atoms with van der Waals surface area (Å²) >= 11 is 0. The second-order valence-corrected chi connectivity index (χ2v) is 9.28. The lowest BCUT2D eigenvalue weighted by Gasteiger charge is -2.23. The minimum atomic E-state index is -5.17. The summed E-state index contributed by atoms with van der Waals surface area (Å²) in [5, 5.41) is 2.00. The highest BCUT2D eigenvalue weighted by atomic mass is 32.2. The molecular weight excluding hydrogens is 467 g/mol. The predicted molar refractivity (Wildman–Crippen MR) is 115 cm³/mol. The standard InChI is InChI=1S/C19H22F3N5O5S/c1-10(2)15(16(29)19(20,21)22)25-14(28)9-27-17(11-4-6-12(23)7-5-11)24-8-13(18(27)30)26-33(3,31)32/h4-8,10,15,26H,9,23H2,1-3H3,(H,25,28). The lowest BCUT2D eigenvalue weighted by molar-refractivity contribution is -0.174. The van der Waals surface area contributed by atoms with Crippen molar-refractivity contribution in [2.75, 3.05) is 16.7 Å². The van der Waals surface area contributed by atoms with E-state index in [4.69, 9.17) is 5.73 Å². The Morgan fingerprint density at radius 1 is 1.18 bits per heavy atom. The number of nitrogens with zero attached hydrogens (tertiary/aromatic N) is 2. The number of Topliss-reactive ketones (excluding diaryl/α,β-unsaturated/α-hetero) is 1. The number of nitrogen functional groups attached to an aromatic ring is 1. The predicted octanol–water partition coefficient (Wildman–Crippen LogP) is 1.14. The molecule has 0 aliphatic carbocycles. The Balaban J connectivity index is 2.50. The SMILES string of the molecule is CC(C)C(NC(=O)Cn1c(-c2ccc(N)cc2)ncc(NS(C)(=O)=O)c1=O)C(=O)C(F)(F)F. The zero-order valence-corrected chi connectivity index (χ0v) is 18.6. The minimum absolute atomic E-state index is 0.0718. The fourth-order valence-corrected chi connectivity index (χ4v) is 3.38. The summed E-state index contributed by atoms with van der Waals surface area (Å²) in [7, 11) is -3.88. The number of nitrogens with one attached hydrogen (secondary N) is 2. The summed E-state index contributed by atoms with van der Waals surface area (Å²) in [6.45, 7) is 1.80. The lowest BCUT2D eigenvalue weighted by atomic mass is 9.99. The van der Waals surface area contributed by atoms with Gasteiger partial charge in [0.1, 0.15) is 18.1 Å². The van der Waals surface area contributed by atoms with Crippen LogP contribution in [0, 0.1) is 5.92 Å². The largest absolute Gasteiger partial charge is 0.452 e. The Labute approximate surface area is 187 Å². The van der Waals surface area contributed by atoms with E-state index in [1.54, 1.807) is 0 Å². The van der Waals surface area contributed by atoms with Crippen molar-refractivity contribution in [2.24, 2.45) is 5.92 Å². The number of carbonyl (C=O) groups excluding carboxylic acids is 2. The van der Waals surface area contributed by atoms with E-state index in [1.807, 2.05) is 10.0 Å². The van der Waals surface area contributed by atoms with Crippen LogP contribution in [0.5, 0.6) is 0 Å². The molecule has 0 aliphatic heterocycles. The Morgan fingerprint density at radius 2 is 1.76 bits per heavy atom. The van der Waals surface area contributed by atoms with Gasteiger partial charge in [0, 0.05) is 11.3 Å². The van der Waals surface area contributed by atoms with E-state index in [1.165, 1.54) is 38.1 Å². The van der Waals surface area contributed by atoms with Crippen LogP contribution in [0.2, 0.25) is 0 Å². The van der Waals surface area contributed by atoms with Crippen LogP contribution in [-0.2, 0) is 26.2 Å². The highest BCUT2D eigenvalue weighted by Gasteiger charge is 2.45. The molecule has 0 fully saturated rings. The van der Waals surface area contributed by atoms with Gasteiger partial charge in [-0.05, 0) is 30.2 Å². The summed E-state index contributed by atoms with van der Waals surface area (Å²) in [6, 6.07) is 4.08. The number of rotatable bonds is 8. The Hall–Kier alpha value is -3.42. The molecule has 1 aromatic heterocycles. The zero-order chi connectivity index (χ0) is 25.1. The summed E-state index contributed by atoms with van der Waals surface area (Å²) in [6.07, 6.45) is -3.42. The number of amides is 1. The number of hydrogen-bond donors (Lipinski definition) is 3. The Kier molecular flexibility index (Phi) is 7.52. The highest BCUT2D eigenvalue weighted by Crippen LogP contribution is 2.22. The quantitative estimate of drug-likeness (QED) is 0.470. The molecule has 0 radical (unpaired) electrons. The van der Waals surface area contributed by atoms with E-state index in [9.17, 15) is 36.0 Å². The van der Waals surface area contributed by atoms with E-state index in [-0.39, 0.29) is 5.82 Å². The molecule has 0 bridgehead atoms. The average molecular weight is 489 g/mol. The maximum atomic E-state index is 12.9. The van der Waals surface area contributed by atoms with Gasteiger partial charge in [-0.2, -0.15) is 13.2 Å². The van der Waals surface area contributed by atoms with Gasteiger partial charge < -0.3 is 11.1 Å². The number of alkyl halides is 3. The van der Waals surface area contributed by atoms with Crippen molar-refractivity contribution >= 4 is 33.1 Å². The van der Waals surface area contributed by atoms with Gasteiger partial charge in [0.05, 0.1) is 18.5 Å². The first-order valence-electron chi connectivity index (χ1n) is 9.44. The number of aromatic nitrogens is 2. The van der Waals surface area contributed by atoms with E-state index in [0.717, 1.165) is 17.0 Å². The third-order valence-corrected chi connectivity index (χ3v) is 4.95. The van der Waals surface area contributed by atoms with E-state index >= 15 is 0 Å². The van der Waals surface area contributed by atoms with Crippen molar-refractivity contribution in [3.8, 4) is 11.4 Å². The monoisotopic (exact) mass is 489 g/mol. The number of nitrogens with two attached hydrogens (primary N) is 1. The first kappa shape index (κ1) is 25.8. The van der Waals surface area contributed by atoms with Crippen molar-refractivity contribution in [3.05, 3.63) is 40.8 Å². The summed E-state index contributed by atoms with van der Waals surface area (Å²) in [4.78, 5) is 41.2. The first-order chi connectivity index (χ1) is 15.1. The number of hydrogen-bond acceptors (Lipinski definition) is 7. The van der Waals surface area contributed by atoms with E-state index in [0.29, 0.717) is 11.3 Å². The number of benzene rings is 1. The molecule has 2 aromatic rings. The van der Waals surface area contributed by atoms with E-state index in [2.05, 4.69) is 4.98 Å². The minimum Gasteiger partial charge on any atom is -0.399 e. The van der Waals surface area contributed by atoms with Crippen LogP contribution >= 0.6 is 0 Å². The van der Waals surface area contributed by atoms with Crippen molar-refractivity contribution in [1.29, 1.82) is 0 Å². The Morgan fingerprint density at radius 3 is 2.24 bits per heavy atom. The summed E-state index contributed by atoms with van der Waals surface area (Å²) < 4.78 is 64.5. The molecule has 33 heavy (non-hydrogen) atoms. The van der Waals surface area contributed by atoms with Gasteiger partial charge in [-0.15, -0.1) is 0 Å². The molecule has 2 rings (SSSR count). The molecule has 1 heterocycles. The molecule has 0 spiro atoms. The second kappa shape index (κ2) is 9.60. The maximum Gasteiger partial charge on any atom is 0.452 e. The van der Waals surface area contributed by atoms with Crippen LogP contribution in [0.1, 0.15) is 13.8 Å².